The quantitative estimate of drug-likeness (QED) is 0.719. The Kier molecular flexibility index (Phi) is 7.09. The molecular weight excluding hydrogens is 254 g/mol. The molecule has 1 rings (SSSR count). The van der Waals surface area contributed by atoms with Gasteiger partial charge in [-0.25, -0.2) is 0 Å². The van der Waals surface area contributed by atoms with E-state index < -0.39 is 6.10 Å². The van der Waals surface area contributed by atoms with Crippen LogP contribution in [0.2, 0.25) is 0 Å². The molecule has 20 heavy (non-hydrogen) atoms. The van der Waals surface area contributed by atoms with Crippen LogP contribution in [0.1, 0.15) is 51.2 Å². The first kappa shape index (κ1) is 16.5. The molecule has 2 unspecified atom stereocenters. The predicted octanol–water partition coefficient (Wildman–Crippen LogP) is 2.81. The Morgan fingerprint density at radius 3 is 2.80 bits per heavy atom. The summed E-state index contributed by atoms with van der Waals surface area (Å²) in [5.41, 5.74) is 0.544. The fourth-order valence-electron chi connectivity index (χ4n) is 2.06. The number of carbonyl (C=O) groups excluding carboxylic acids is 1. The zero-order chi connectivity index (χ0) is 15.0. The molecule has 0 aliphatic heterocycles. The largest absolute Gasteiger partial charge is 0.497 e. The van der Waals surface area contributed by atoms with Crippen molar-refractivity contribution in [3.63, 3.8) is 0 Å². The zero-order valence-corrected chi connectivity index (χ0v) is 12.6. The van der Waals surface area contributed by atoms with Gasteiger partial charge in [0.25, 0.3) is 5.91 Å². The smallest absolute Gasteiger partial charge is 0.253 e. The van der Waals surface area contributed by atoms with Gasteiger partial charge in [-0.15, -0.1) is 0 Å². The molecule has 0 aromatic heterocycles. The molecule has 0 aliphatic rings. The summed E-state index contributed by atoms with van der Waals surface area (Å²) < 4.78 is 5.09. The fourth-order valence-corrected chi connectivity index (χ4v) is 2.06. The Labute approximate surface area is 121 Å². The summed E-state index contributed by atoms with van der Waals surface area (Å²) in [6.07, 6.45) is 3.20. The molecule has 1 aromatic carbocycles. The molecule has 1 aromatic rings. The van der Waals surface area contributed by atoms with Crippen molar-refractivity contribution in [2.75, 3.05) is 7.11 Å². The second-order valence-corrected chi connectivity index (χ2v) is 5.08. The minimum atomic E-state index is -1.15. The lowest BCUT2D eigenvalue weighted by Crippen LogP contribution is -2.36. The number of amides is 1. The lowest BCUT2D eigenvalue weighted by atomic mass is 10.1. The van der Waals surface area contributed by atoms with Crippen molar-refractivity contribution >= 4 is 5.91 Å². The first-order chi connectivity index (χ1) is 9.58. The van der Waals surface area contributed by atoms with Gasteiger partial charge >= 0.3 is 0 Å². The van der Waals surface area contributed by atoms with E-state index in [1.165, 1.54) is 6.42 Å². The highest BCUT2D eigenvalue weighted by atomic mass is 16.5. The van der Waals surface area contributed by atoms with Gasteiger partial charge in [-0.05, 0) is 31.0 Å². The maximum absolute atomic E-state index is 12.0. The zero-order valence-electron chi connectivity index (χ0n) is 12.6. The van der Waals surface area contributed by atoms with Gasteiger partial charge in [0.2, 0.25) is 0 Å². The summed E-state index contributed by atoms with van der Waals surface area (Å²) in [7, 11) is 1.56. The van der Waals surface area contributed by atoms with Gasteiger partial charge in [-0.2, -0.15) is 0 Å². The number of aliphatic hydroxyl groups excluding tert-OH is 1. The van der Waals surface area contributed by atoms with E-state index in [0.717, 1.165) is 19.3 Å². The predicted molar refractivity (Wildman–Crippen MR) is 79.7 cm³/mol. The van der Waals surface area contributed by atoms with Crippen LogP contribution in [0.3, 0.4) is 0 Å². The standard InChI is InChI=1S/C16H25NO3/c1-4-5-6-8-12(2)17-16(19)15(18)13-9-7-10-14(11-13)20-3/h7,9-12,15,18H,4-6,8H2,1-3H3,(H,17,19). The molecule has 0 saturated heterocycles. The highest BCUT2D eigenvalue weighted by Gasteiger charge is 2.19. The van der Waals surface area contributed by atoms with Crippen molar-refractivity contribution in [1.29, 1.82) is 0 Å². The number of nitrogens with one attached hydrogen (secondary N) is 1. The normalized spacial score (nSPS) is 13.6. The second kappa shape index (κ2) is 8.59. The van der Waals surface area contributed by atoms with Gasteiger partial charge in [0.1, 0.15) is 5.75 Å². The molecule has 0 fully saturated rings. The van der Waals surface area contributed by atoms with Gasteiger partial charge in [-0.3, -0.25) is 4.79 Å². The monoisotopic (exact) mass is 279 g/mol. The molecule has 112 valence electrons. The number of hydrogen-bond donors (Lipinski definition) is 2. The highest BCUT2D eigenvalue weighted by Crippen LogP contribution is 2.19. The van der Waals surface area contributed by atoms with Crippen LogP contribution in [-0.4, -0.2) is 24.2 Å². The third-order valence-electron chi connectivity index (χ3n) is 3.29. The van der Waals surface area contributed by atoms with Crippen molar-refractivity contribution < 1.29 is 14.6 Å². The van der Waals surface area contributed by atoms with Crippen molar-refractivity contribution in [2.24, 2.45) is 0 Å². The van der Waals surface area contributed by atoms with Crippen molar-refractivity contribution in [2.45, 2.75) is 51.7 Å². The summed E-state index contributed by atoms with van der Waals surface area (Å²) in [6, 6.07) is 7.01. The molecule has 0 spiro atoms. The maximum atomic E-state index is 12.0. The van der Waals surface area contributed by atoms with Crippen LogP contribution in [-0.2, 0) is 4.79 Å². The van der Waals surface area contributed by atoms with Crippen LogP contribution >= 0.6 is 0 Å². The molecule has 0 saturated carbocycles. The molecule has 0 aliphatic carbocycles. The Morgan fingerprint density at radius 1 is 1.40 bits per heavy atom. The summed E-state index contributed by atoms with van der Waals surface area (Å²) in [5.74, 6) is 0.271. The van der Waals surface area contributed by atoms with Crippen LogP contribution in [0, 0.1) is 0 Å². The van der Waals surface area contributed by atoms with E-state index in [-0.39, 0.29) is 11.9 Å². The molecule has 1 amide bonds. The Bertz CT molecular complexity index is 420. The average molecular weight is 279 g/mol. The SMILES string of the molecule is CCCCCC(C)NC(=O)C(O)c1cccc(OC)c1. The highest BCUT2D eigenvalue weighted by molar-refractivity contribution is 5.82. The Morgan fingerprint density at radius 2 is 2.15 bits per heavy atom. The first-order valence-electron chi connectivity index (χ1n) is 7.20. The van der Waals surface area contributed by atoms with E-state index in [4.69, 9.17) is 4.74 Å². The lowest BCUT2D eigenvalue weighted by Gasteiger charge is -2.17. The van der Waals surface area contributed by atoms with Gasteiger partial charge in [0.15, 0.2) is 6.10 Å². The van der Waals surface area contributed by atoms with Crippen LogP contribution in [0.5, 0.6) is 5.75 Å². The number of methoxy groups -OCH3 is 1. The summed E-state index contributed by atoms with van der Waals surface area (Å²) >= 11 is 0. The molecule has 2 atom stereocenters. The van der Waals surface area contributed by atoms with E-state index in [0.29, 0.717) is 11.3 Å². The molecule has 4 heteroatoms. The van der Waals surface area contributed by atoms with Gasteiger partial charge in [0, 0.05) is 6.04 Å². The number of benzene rings is 1. The number of aliphatic hydroxyl groups is 1. The van der Waals surface area contributed by atoms with Crippen LogP contribution in [0.4, 0.5) is 0 Å². The Hall–Kier alpha value is -1.55. The van der Waals surface area contributed by atoms with E-state index >= 15 is 0 Å². The number of unbranched alkanes of at least 4 members (excludes halogenated alkanes) is 2. The van der Waals surface area contributed by atoms with Crippen molar-refractivity contribution in [3.05, 3.63) is 29.8 Å². The van der Waals surface area contributed by atoms with Gasteiger partial charge in [-0.1, -0.05) is 38.3 Å². The number of rotatable bonds is 8. The van der Waals surface area contributed by atoms with Crippen LogP contribution in [0.25, 0.3) is 0 Å². The molecule has 2 N–H and O–H groups in total. The molecule has 0 heterocycles. The number of ether oxygens (including phenoxy) is 1. The van der Waals surface area contributed by atoms with Crippen LogP contribution in [0.15, 0.2) is 24.3 Å². The molecule has 0 radical (unpaired) electrons. The maximum Gasteiger partial charge on any atom is 0.253 e. The van der Waals surface area contributed by atoms with E-state index in [1.807, 2.05) is 6.92 Å². The van der Waals surface area contributed by atoms with E-state index in [1.54, 1.807) is 31.4 Å². The second-order valence-electron chi connectivity index (χ2n) is 5.08. The van der Waals surface area contributed by atoms with Crippen LogP contribution < -0.4 is 10.1 Å². The summed E-state index contributed by atoms with van der Waals surface area (Å²) in [4.78, 5) is 12.0. The first-order valence-corrected chi connectivity index (χ1v) is 7.20. The third kappa shape index (κ3) is 5.21. The fraction of sp³-hybridized carbons (Fsp3) is 0.562. The van der Waals surface area contributed by atoms with Gasteiger partial charge in [0.05, 0.1) is 7.11 Å². The average Bonchev–Trinajstić information content (AvgIpc) is 2.46. The van der Waals surface area contributed by atoms with E-state index in [2.05, 4.69) is 12.2 Å². The lowest BCUT2D eigenvalue weighted by molar-refractivity contribution is -0.130. The minimum Gasteiger partial charge on any atom is -0.497 e. The number of hydrogen-bond acceptors (Lipinski definition) is 3. The Balaban J connectivity index is 2.53. The minimum absolute atomic E-state index is 0.0781. The van der Waals surface area contributed by atoms with Gasteiger partial charge < -0.3 is 15.2 Å². The summed E-state index contributed by atoms with van der Waals surface area (Å²) in [6.45, 7) is 4.11. The summed E-state index contributed by atoms with van der Waals surface area (Å²) in [5, 5.41) is 12.9. The molecule has 4 nitrogen and oxygen atoms in total. The van der Waals surface area contributed by atoms with E-state index in [9.17, 15) is 9.90 Å². The van der Waals surface area contributed by atoms with Crippen molar-refractivity contribution in [3.8, 4) is 5.75 Å². The topological polar surface area (TPSA) is 58.6 Å². The molecular formula is C16H25NO3. The number of carbonyl (C=O) groups is 1. The molecule has 0 bridgehead atoms. The third-order valence-corrected chi connectivity index (χ3v) is 3.29. The van der Waals surface area contributed by atoms with Crippen molar-refractivity contribution in [1.82, 2.24) is 5.32 Å².